The zero-order valence-electron chi connectivity index (χ0n) is 11.7. The average Bonchev–Trinajstić information content (AvgIpc) is 2.37. The number of benzene rings is 1. The van der Waals surface area contributed by atoms with Crippen LogP contribution >= 0.6 is 0 Å². The van der Waals surface area contributed by atoms with E-state index in [0.29, 0.717) is 11.8 Å². The van der Waals surface area contributed by atoms with Gasteiger partial charge in [0.2, 0.25) is 0 Å². The van der Waals surface area contributed by atoms with Gasteiger partial charge in [0.25, 0.3) is 0 Å². The molecule has 2 heteroatoms. The molecule has 1 unspecified atom stereocenters. The van der Waals surface area contributed by atoms with Gasteiger partial charge in [0, 0.05) is 6.04 Å². The molecule has 2 nitrogen and oxygen atoms in total. The van der Waals surface area contributed by atoms with E-state index in [1.165, 1.54) is 49.8 Å². The van der Waals surface area contributed by atoms with Gasteiger partial charge in [0.1, 0.15) is 5.75 Å². The Balaban J connectivity index is 2.07. The molecular weight excluding hydrogens is 222 g/mol. The third kappa shape index (κ3) is 3.05. The standard InChI is InChI=1S/C16H25NO/c1-3-4-5-11-17(2)16-8-6-7-13-12-14(18)9-10-15(13)16/h9-10,12,16,18H,3-8,11H2,1-2H3. The zero-order valence-corrected chi connectivity index (χ0v) is 11.7. The van der Waals surface area contributed by atoms with Crippen LogP contribution in [0.1, 0.15) is 56.2 Å². The number of hydrogen-bond acceptors (Lipinski definition) is 2. The van der Waals surface area contributed by atoms with Gasteiger partial charge < -0.3 is 5.11 Å². The quantitative estimate of drug-likeness (QED) is 0.798. The van der Waals surface area contributed by atoms with E-state index in [1.54, 1.807) is 0 Å². The summed E-state index contributed by atoms with van der Waals surface area (Å²) in [5, 5.41) is 9.57. The van der Waals surface area contributed by atoms with Crippen LogP contribution in [0.3, 0.4) is 0 Å². The molecule has 0 bridgehead atoms. The maximum absolute atomic E-state index is 9.57. The molecule has 0 saturated heterocycles. The molecule has 1 aromatic rings. The summed E-state index contributed by atoms with van der Waals surface area (Å²) in [6.07, 6.45) is 7.49. The van der Waals surface area contributed by atoms with Crippen molar-refractivity contribution in [1.82, 2.24) is 4.90 Å². The largest absolute Gasteiger partial charge is 0.508 e. The predicted octanol–water partition coefficient (Wildman–Crippen LogP) is 3.89. The summed E-state index contributed by atoms with van der Waals surface area (Å²) < 4.78 is 0. The first-order valence-electron chi connectivity index (χ1n) is 7.24. The molecule has 1 aromatic carbocycles. The Kier molecular flexibility index (Phi) is 4.65. The minimum atomic E-state index is 0.406. The lowest BCUT2D eigenvalue weighted by molar-refractivity contribution is 0.217. The minimum Gasteiger partial charge on any atom is -0.508 e. The summed E-state index contributed by atoms with van der Waals surface area (Å²) in [5.74, 6) is 0.406. The number of fused-ring (bicyclic) bond motifs is 1. The molecule has 0 aliphatic heterocycles. The third-order valence-corrected chi connectivity index (χ3v) is 4.06. The first kappa shape index (κ1) is 13.4. The van der Waals surface area contributed by atoms with Crippen molar-refractivity contribution in [3.63, 3.8) is 0 Å². The molecule has 18 heavy (non-hydrogen) atoms. The van der Waals surface area contributed by atoms with Crippen LogP contribution in [-0.4, -0.2) is 23.6 Å². The average molecular weight is 247 g/mol. The number of unbranched alkanes of at least 4 members (excludes halogenated alkanes) is 2. The Hall–Kier alpha value is -1.02. The summed E-state index contributed by atoms with van der Waals surface area (Å²) in [7, 11) is 2.24. The Bertz CT molecular complexity index is 389. The smallest absolute Gasteiger partial charge is 0.115 e. The van der Waals surface area contributed by atoms with Crippen molar-refractivity contribution in [2.75, 3.05) is 13.6 Å². The van der Waals surface area contributed by atoms with Crippen LogP contribution < -0.4 is 0 Å². The van der Waals surface area contributed by atoms with Crippen LogP contribution in [0.4, 0.5) is 0 Å². The van der Waals surface area contributed by atoms with Gasteiger partial charge in [-0.3, -0.25) is 4.90 Å². The van der Waals surface area contributed by atoms with Gasteiger partial charge in [-0.1, -0.05) is 25.8 Å². The second-order valence-electron chi connectivity index (χ2n) is 5.48. The number of nitrogens with zero attached hydrogens (tertiary/aromatic N) is 1. The first-order valence-corrected chi connectivity index (χ1v) is 7.24. The molecule has 0 radical (unpaired) electrons. The number of aryl methyl sites for hydroxylation is 1. The third-order valence-electron chi connectivity index (χ3n) is 4.06. The second-order valence-corrected chi connectivity index (χ2v) is 5.48. The van der Waals surface area contributed by atoms with E-state index >= 15 is 0 Å². The highest BCUT2D eigenvalue weighted by atomic mass is 16.3. The summed E-state index contributed by atoms with van der Waals surface area (Å²) in [6.45, 7) is 3.43. The lowest BCUT2D eigenvalue weighted by atomic mass is 9.86. The van der Waals surface area contributed by atoms with Gasteiger partial charge >= 0.3 is 0 Å². The van der Waals surface area contributed by atoms with Crippen molar-refractivity contribution in [1.29, 1.82) is 0 Å². The van der Waals surface area contributed by atoms with Crippen LogP contribution in [0.5, 0.6) is 5.75 Å². The lowest BCUT2D eigenvalue weighted by Crippen LogP contribution is -2.28. The van der Waals surface area contributed by atoms with Gasteiger partial charge in [-0.05, 0) is 62.5 Å². The van der Waals surface area contributed by atoms with Gasteiger partial charge in [-0.25, -0.2) is 0 Å². The number of rotatable bonds is 5. The molecular formula is C16H25NO. The number of aromatic hydroxyl groups is 1. The predicted molar refractivity (Wildman–Crippen MR) is 75.9 cm³/mol. The highest BCUT2D eigenvalue weighted by Gasteiger charge is 2.23. The summed E-state index contributed by atoms with van der Waals surface area (Å²) >= 11 is 0. The van der Waals surface area contributed by atoms with Crippen molar-refractivity contribution in [3.8, 4) is 5.75 Å². The van der Waals surface area contributed by atoms with E-state index in [-0.39, 0.29) is 0 Å². The van der Waals surface area contributed by atoms with Crippen LogP contribution in [-0.2, 0) is 6.42 Å². The molecule has 1 atom stereocenters. The highest BCUT2D eigenvalue weighted by molar-refractivity contribution is 5.38. The van der Waals surface area contributed by atoms with Crippen molar-refractivity contribution in [2.45, 2.75) is 51.5 Å². The molecule has 0 aromatic heterocycles. The van der Waals surface area contributed by atoms with E-state index in [2.05, 4.69) is 24.9 Å². The SMILES string of the molecule is CCCCCN(C)C1CCCc2cc(O)ccc21. The monoisotopic (exact) mass is 247 g/mol. The van der Waals surface area contributed by atoms with Crippen molar-refractivity contribution < 1.29 is 5.11 Å². The van der Waals surface area contributed by atoms with Crippen LogP contribution in [0.2, 0.25) is 0 Å². The fourth-order valence-corrected chi connectivity index (χ4v) is 3.00. The fraction of sp³-hybridized carbons (Fsp3) is 0.625. The summed E-state index contributed by atoms with van der Waals surface area (Å²) in [5.41, 5.74) is 2.77. The molecule has 2 rings (SSSR count). The van der Waals surface area contributed by atoms with Crippen molar-refractivity contribution >= 4 is 0 Å². The number of phenolic OH excluding ortho intramolecular Hbond substituents is 1. The Morgan fingerprint density at radius 3 is 2.94 bits per heavy atom. The molecule has 1 aliphatic carbocycles. The molecule has 0 heterocycles. The first-order chi connectivity index (χ1) is 8.72. The van der Waals surface area contributed by atoms with Crippen LogP contribution in [0, 0.1) is 0 Å². The maximum Gasteiger partial charge on any atom is 0.115 e. The topological polar surface area (TPSA) is 23.5 Å². The summed E-state index contributed by atoms with van der Waals surface area (Å²) in [6, 6.07) is 6.44. The Labute approximate surface area is 111 Å². The van der Waals surface area contributed by atoms with Gasteiger partial charge in [0.15, 0.2) is 0 Å². The summed E-state index contributed by atoms with van der Waals surface area (Å²) in [4.78, 5) is 2.49. The normalized spacial score (nSPS) is 18.9. The van der Waals surface area contributed by atoms with Gasteiger partial charge in [0.05, 0.1) is 0 Å². The van der Waals surface area contributed by atoms with E-state index in [0.717, 1.165) is 6.42 Å². The van der Waals surface area contributed by atoms with E-state index in [9.17, 15) is 5.11 Å². The maximum atomic E-state index is 9.57. The number of hydrogen-bond donors (Lipinski definition) is 1. The molecule has 0 amide bonds. The minimum absolute atomic E-state index is 0.406. The van der Waals surface area contributed by atoms with E-state index < -0.39 is 0 Å². The van der Waals surface area contributed by atoms with Crippen molar-refractivity contribution in [2.24, 2.45) is 0 Å². The Morgan fingerprint density at radius 1 is 1.33 bits per heavy atom. The van der Waals surface area contributed by atoms with E-state index in [4.69, 9.17) is 0 Å². The van der Waals surface area contributed by atoms with Crippen LogP contribution in [0.15, 0.2) is 18.2 Å². The van der Waals surface area contributed by atoms with E-state index in [1.807, 2.05) is 12.1 Å². The van der Waals surface area contributed by atoms with Crippen molar-refractivity contribution in [3.05, 3.63) is 29.3 Å². The molecule has 0 spiro atoms. The second kappa shape index (κ2) is 6.24. The molecule has 100 valence electrons. The molecule has 0 saturated carbocycles. The van der Waals surface area contributed by atoms with Gasteiger partial charge in [-0.15, -0.1) is 0 Å². The van der Waals surface area contributed by atoms with Gasteiger partial charge in [-0.2, -0.15) is 0 Å². The number of phenols is 1. The molecule has 1 aliphatic rings. The highest BCUT2D eigenvalue weighted by Crippen LogP contribution is 2.35. The van der Waals surface area contributed by atoms with Crippen LogP contribution in [0.25, 0.3) is 0 Å². The Morgan fingerprint density at radius 2 is 2.17 bits per heavy atom. The molecule has 0 fully saturated rings. The lowest BCUT2D eigenvalue weighted by Gasteiger charge is -2.33. The molecule has 1 N–H and O–H groups in total. The zero-order chi connectivity index (χ0) is 13.0. The fourth-order valence-electron chi connectivity index (χ4n) is 3.00.